The van der Waals surface area contributed by atoms with E-state index in [0.29, 0.717) is 18.9 Å². The van der Waals surface area contributed by atoms with Crippen LogP contribution in [0.5, 0.6) is 0 Å². The molecule has 19 heavy (non-hydrogen) atoms. The van der Waals surface area contributed by atoms with Crippen molar-refractivity contribution in [1.29, 1.82) is 0 Å². The Bertz CT molecular complexity index is 553. The highest BCUT2D eigenvalue weighted by Gasteiger charge is 2.67. The van der Waals surface area contributed by atoms with E-state index in [4.69, 9.17) is 0 Å². The Labute approximate surface area is 112 Å². The van der Waals surface area contributed by atoms with Gasteiger partial charge in [0.15, 0.2) is 0 Å². The highest BCUT2D eigenvalue weighted by molar-refractivity contribution is 6.12. The summed E-state index contributed by atoms with van der Waals surface area (Å²) in [5, 5.41) is 5.81. The highest BCUT2D eigenvalue weighted by Crippen LogP contribution is 2.59. The number of amides is 2. The number of hydrogen-bond donors (Lipinski definition) is 2. The fraction of sp³-hybridized carbons (Fsp3) is 0.467. The SMILES string of the molecule is CC(C)CNC(=O)[C@H]1C[C@]12C(=O)Nc1ccccc12. The average Bonchev–Trinajstić information content (AvgIpc) is 3.06. The largest absolute Gasteiger partial charge is 0.356 e. The summed E-state index contributed by atoms with van der Waals surface area (Å²) in [7, 11) is 0. The number of hydrogen-bond acceptors (Lipinski definition) is 2. The number of nitrogens with one attached hydrogen (secondary N) is 2. The van der Waals surface area contributed by atoms with Gasteiger partial charge in [-0.2, -0.15) is 0 Å². The van der Waals surface area contributed by atoms with E-state index in [1.54, 1.807) is 0 Å². The van der Waals surface area contributed by atoms with Crippen molar-refractivity contribution in [2.75, 3.05) is 11.9 Å². The lowest BCUT2D eigenvalue weighted by Gasteiger charge is -2.10. The molecule has 100 valence electrons. The van der Waals surface area contributed by atoms with Crippen LogP contribution >= 0.6 is 0 Å². The summed E-state index contributed by atoms with van der Waals surface area (Å²) in [5.41, 5.74) is 1.23. The Morgan fingerprint density at radius 3 is 2.95 bits per heavy atom. The van der Waals surface area contributed by atoms with E-state index in [1.807, 2.05) is 24.3 Å². The third-order valence-corrected chi connectivity index (χ3v) is 4.02. The molecule has 1 aliphatic heterocycles. The lowest BCUT2D eigenvalue weighted by atomic mass is 9.94. The molecule has 2 aliphatic rings. The Balaban J connectivity index is 1.80. The number of rotatable bonds is 3. The van der Waals surface area contributed by atoms with E-state index < -0.39 is 5.41 Å². The second-order valence-corrected chi connectivity index (χ2v) is 5.87. The van der Waals surface area contributed by atoms with Crippen molar-refractivity contribution < 1.29 is 9.59 Å². The first-order valence-corrected chi connectivity index (χ1v) is 6.74. The fourth-order valence-electron chi connectivity index (χ4n) is 2.89. The summed E-state index contributed by atoms with van der Waals surface area (Å²) >= 11 is 0. The van der Waals surface area contributed by atoms with Gasteiger partial charge in [0.25, 0.3) is 0 Å². The van der Waals surface area contributed by atoms with Gasteiger partial charge in [-0.25, -0.2) is 0 Å². The number of fused-ring (bicyclic) bond motifs is 2. The number of anilines is 1. The molecule has 4 heteroatoms. The molecule has 2 N–H and O–H groups in total. The topological polar surface area (TPSA) is 58.2 Å². The maximum absolute atomic E-state index is 12.2. The van der Waals surface area contributed by atoms with Gasteiger partial charge in [0, 0.05) is 12.2 Å². The average molecular weight is 258 g/mol. The van der Waals surface area contributed by atoms with Crippen molar-refractivity contribution in [3.8, 4) is 0 Å². The van der Waals surface area contributed by atoms with E-state index in [1.165, 1.54) is 0 Å². The Kier molecular flexibility index (Phi) is 2.62. The zero-order chi connectivity index (χ0) is 13.6. The Hall–Kier alpha value is -1.84. The van der Waals surface area contributed by atoms with Crippen LogP contribution in [0.25, 0.3) is 0 Å². The standard InChI is InChI=1S/C15H18N2O2/c1-9(2)8-16-13(18)11-7-15(11)10-5-3-4-6-12(10)17-14(15)19/h3-6,9,11H,7-8H2,1-2H3,(H,16,18)(H,17,19)/t11-,15-/m1/s1. The van der Waals surface area contributed by atoms with Gasteiger partial charge in [-0.3, -0.25) is 9.59 Å². The van der Waals surface area contributed by atoms with Crippen molar-refractivity contribution in [3.05, 3.63) is 29.8 Å². The summed E-state index contributed by atoms with van der Waals surface area (Å²) in [6.45, 7) is 4.77. The van der Waals surface area contributed by atoms with Crippen molar-refractivity contribution in [1.82, 2.24) is 5.32 Å². The molecule has 0 bridgehead atoms. The van der Waals surface area contributed by atoms with Crippen molar-refractivity contribution >= 4 is 17.5 Å². The van der Waals surface area contributed by atoms with Crippen LogP contribution in [0.4, 0.5) is 5.69 Å². The molecule has 0 aromatic heterocycles. The summed E-state index contributed by atoms with van der Waals surface area (Å²) in [5.74, 6) is 0.178. The van der Waals surface area contributed by atoms with Crippen molar-refractivity contribution in [3.63, 3.8) is 0 Å². The molecule has 1 spiro atoms. The second-order valence-electron chi connectivity index (χ2n) is 5.87. The maximum atomic E-state index is 12.2. The molecule has 1 aromatic carbocycles. The van der Waals surface area contributed by atoms with E-state index in [-0.39, 0.29) is 17.7 Å². The molecule has 0 saturated heterocycles. The Morgan fingerprint density at radius 2 is 2.21 bits per heavy atom. The van der Waals surface area contributed by atoms with Crippen LogP contribution in [0.15, 0.2) is 24.3 Å². The molecular formula is C15H18N2O2. The lowest BCUT2D eigenvalue weighted by molar-refractivity contribution is -0.125. The van der Waals surface area contributed by atoms with Gasteiger partial charge in [-0.15, -0.1) is 0 Å². The van der Waals surface area contributed by atoms with Crippen LogP contribution in [-0.4, -0.2) is 18.4 Å². The van der Waals surface area contributed by atoms with Crippen LogP contribution in [0.2, 0.25) is 0 Å². The molecule has 0 radical (unpaired) electrons. The molecule has 4 nitrogen and oxygen atoms in total. The first-order valence-electron chi connectivity index (χ1n) is 6.74. The Morgan fingerprint density at radius 1 is 1.47 bits per heavy atom. The summed E-state index contributed by atoms with van der Waals surface area (Å²) in [6.07, 6.45) is 0.625. The van der Waals surface area contributed by atoms with Crippen molar-refractivity contribution in [2.24, 2.45) is 11.8 Å². The first kappa shape index (κ1) is 12.2. The molecule has 2 atom stereocenters. The predicted octanol–water partition coefficient (Wildman–Crippen LogP) is 1.67. The number of para-hydroxylation sites is 1. The minimum Gasteiger partial charge on any atom is -0.356 e. The van der Waals surface area contributed by atoms with Crippen LogP contribution in [0.3, 0.4) is 0 Å². The molecule has 1 aromatic rings. The zero-order valence-electron chi connectivity index (χ0n) is 11.2. The normalized spacial score (nSPS) is 27.3. The number of carbonyl (C=O) groups is 2. The van der Waals surface area contributed by atoms with Gasteiger partial charge in [-0.05, 0) is 24.0 Å². The summed E-state index contributed by atoms with van der Waals surface area (Å²) < 4.78 is 0. The molecule has 0 unspecified atom stereocenters. The second kappa shape index (κ2) is 4.08. The van der Waals surface area contributed by atoms with E-state index in [0.717, 1.165) is 11.3 Å². The van der Waals surface area contributed by atoms with E-state index in [2.05, 4.69) is 24.5 Å². The van der Waals surface area contributed by atoms with Gasteiger partial charge in [0.1, 0.15) is 0 Å². The fourth-order valence-corrected chi connectivity index (χ4v) is 2.89. The van der Waals surface area contributed by atoms with Crippen LogP contribution in [0.1, 0.15) is 25.8 Å². The minimum absolute atomic E-state index is 0.000512. The number of benzene rings is 1. The monoisotopic (exact) mass is 258 g/mol. The van der Waals surface area contributed by atoms with E-state index in [9.17, 15) is 9.59 Å². The summed E-state index contributed by atoms with van der Waals surface area (Å²) in [6, 6.07) is 7.66. The molecular weight excluding hydrogens is 240 g/mol. The zero-order valence-corrected chi connectivity index (χ0v) is 11.2. The van der Waals surface area contributed by atoms with Gasteiger partial charge in [0.05, 0.1) is 11.3 Å². The minimum atomic E-state index is -0.600. The predicted molar refractivity (Wildman–Crippen MR) is 72.7 cm³/mol. The molecule has 1 saturated carbocycles. The van der Waals surface area contributed by atoms with E-state index >= 15 is 0 Å². The molecule has 1 fully saturated rings. The van der Waals surface area contributed by atoms with Gasteiger partial charge in [-0.1, -0.05) is 32.0 Å². The molecule has 3 rings (SSSR count). The van der Waals surface area contributed by atoms with Crippen LogP contribution in [0, 0.1) is 11.8 Å². The van der Waals surface area contributed by atoms with Crippen LogP contribution < -0.4 is 10.6 Å². The van der Waals surface area contributed by atoms with Crippen molar-refractivity contribution in [2.45, 2.75) is 25.7 Å². The first-order chi connectivity index (χ1) is 9.05. The molecule has 1 aliphatic carbocycles. The van der Waals surface area contributed by atoms with Gasteiger partial charge < -0.3 is 10.6 Å². The van der Waals surface area contributed by atoms with Crippen LogP contribution in [-0.2, 0) is 15.0 Å². The lowest BCUT2D eigenvalue weighted by Crippen LogP contribution is -2.33. The van der Waals surface area contributed by atoms with Gasteiger partial charge >= 0.3 is 0 Å². The quantitative estimate of drug-likeness (QED) is 0.866. The smallest absolute Gasteiger partial charge is 0.235 e. The number of carbonyl (C=O) groups excluding carboxylic acids is 2. The highest BCUT2D eigenvalue weighted by atomic mass is 16.2. The van der Waals surface area contributed by atoms with Gasteiger partial charge in [0.2, 0.25) is 11.8 Å². The summed E-state index contributed by atoms with van der Waals surface area (Å²) in [4.78, 5) is 24.3. The third kappa shape index (κ3) is 1.74. The molecule has 1 heterocycles. The third-order valence-electron chi connectivity index (χ3n) is 4.02. The maximum Gasteiger partial charge on any atom is 0.235 e. The molecule has 2 amide bonds.